The van der Waals surface area contributed by atoms with Crippen molar-refractivity contribution in [3.05, 3.63) is 27.8 Å². The van der Waals surface area contributed by atoms with Crippen molar-refractivity contribution in [3.63, 3.8) is 0 Å². The summed E-state index contributed by atoms with van der Waals surface area (Å²) in [6.07, 6.45) is 3.74. The van der Waals surface area contributed by atoms with Gasteiger partial charge in [-0.25, -0.2) is 0 Å². The molecule has 18 heavy (non-hydrogen) atoms. The van der Waals surface area contributed by atoms with Crippen molar-refractivity contribution in [2.45, 2.75) is 45.2 Å². The summed E-state index contributed by atoms with van der Waals surface area (Å²) in [5.74, 6) is 0. The summed E-state index contributed by atoms with van der Waals surface area (Å²) in [6, 6.07) is 10.0. The predicted molar refractivity (Wildman–Crippen MR) is 87.3 cm³/mol. The summed E-state index contributed by atoms with van der Waals surface area (Å²) in [7, 11) is 0. The minimum atomic E-state index is 0.629. The molecule has 1 heterocycles. The molecule has 1 aliphatic rings. The van der Waals surface area contributed by atoms with Crippen molar-refractivity contribution in [1.29, 1.82) is 0 Å². The quantitative estimate of drug-likeness (QED) is 0.827. The number of rotatable bonds is 4. The van der Waals surface area contributed by atoms with Gasteiger partial charge in [-0.15, -0.1) is 0 Å². The number of anilines is 1. The molecule has 100 valence electrons. The van der Waals surface area contributed by atoms with E-state index < -0.39 is 0 Å². The number of piperidine rings is 1. The third kappa shape index (κ3) is 3.38. The molecule has 1 fully saturated rings. The number of para-hydroxylation sites is 1. The Kier molecular flexibility index (Phi) is 5.30. The van der Waals surface area contributed by atoms with E-state index in [0.717, 1.165) is 6.54 Å². The second-order valence-corrected chi connectivity index (χ2v) is 6.33. The molecule has 1 saturated heterocycles. The largest absolute Gasteiger partial charge is 0.368 e. The lowest BCUT2D eigenvalue weighted by Crippen LogP contribution is -2.47. The Morgan fingerprint density at radius 1 is 1.39 bits per heavy atom. The van der Waals surface area contributed by atoms with E-state index in [0.29, 0.717) is 12.1 Å². The third-order valence-electron chi connectivity index (χ3n) is 3.72. The molecule has 2 nitrogen and oxygen atoms in total. The van der Waals surface area contributed by atoms with Gasteiger partial charge in [0, 0.05) is 22.2 Å². The van der Waals surface area contributed by atoms with E-state index in [1.807, 2.05) is 0 Å². The molecule has 0 radical (unpaired) electrons. The van der Waals surface area contributed by atoms with Gasteiger partial charge in [0.05, 0.1) is 5.69 Å². The number of hydrogen-bond donors (Lipinski definition) is 1. The van der Waals surface area contributed by atoms with Gasteiger partial charge in [-0.2, -0.15) is 0 Å². The number of hydrogen-bond acceptors (Lipinski definition) is 2. The number of nitrogens with zero attached hydrogens (tertiary/aromatic N) is 1. The lowest BCUT2D eigenvalue weighted by molar-refractivity contribution is 0.368. The fraction of sp³-hybridized carbons (Fsp3) is 0.600. The zero-order chi connectivity index (χ0) is 13.0. The van der Waals surface area contributed by atoms with Gasteiger partial charge in [0.2, 0.25) is 0 Å². The van der Waals surface area contributed by atoms with Crippen LogP contribution in [0.1, 0.15) is 33.1 Å². The lowest BCUT2D eigenvalue weighted by Gasteiger charge is -2.40. The predicted octanol–water partition coefficient (Wildman–Crippen LogP) is 3.65. The van der Waals surface area contributed by atoms with E-state index in [2.05, 4.69) is 70.9 Å². The Morgan fingerprint density at radius 3 is 2.83 bits per heavy atom. The average Bonchev–Trinajstić information content (AvgIpc) is 2.38. The fourth-order valence-electron chi connectivity index (χ4n) is 2.75. The second kappa shape index (κ2) is 6.75. The van der Waals surface area contributed by atoms with E-state index in [1.165, 1.54) is 35.1 Å². The molecular formula is C15H23IN2. The summed E-state index contributed by atoms with van der Waals surface area (Å²) in [5.41, 5.74) is 1.40. The molecule has 3 heteroatoms. The van der Waals surface area contributed by atoms with Crippen LogP contribution in [0.25, 0.3) is 0 Å². The zero-order valence-corrected chi connectivity index (χ0v) is 13.5. The van der Waals surface area contributed by atoms with Crippen LogP contribution in [-0.4, -0.2) is 25.2 Å². The Morgan fingerprint density at radius 2 is 2.17 bits per heavy atom. The molecule has 0 spiro atoms. The summed E-state index contributed by atoms with van der Waals surface area (Å²) >= 11 is 2.44. The molecule has 0 bridgehead atoms. The van der Waals surface area contributed by atoms with Crippen LogP contribution in [0.3, 0.4) is 0 Å². The first kappa shape index (κ1) is 14.1. The Balaban J connectivity index is 1.99. The molecule has 1 aromatic rings. The molecule has 2 unspecified atom stereocenters. The molecule has 2 rings (SSSR count). The van der Waals surface area contributed by atoms with Gasteiger partial charge < -0.3 is 10.2 Å². The van der Waals surface area contributed by atoms with Crippen molar-refractivity contribution in [1.82, 2.24) is 5.32 Å². The monoisotopic (exact) mass is 358 g/mol. The SMILES string of the molecule is CCCNC1CCN(c2ccccc2I)C(C)C1. The Bertz CT molecular complexity index is 381. The van der Waals surface area contributed by atoms with Crippen LogP contribution in [0, 0.1) is 3.57 Å². The number of benzene rings is 1. The minimum Gasteiger partial charge on any atom is -0.368 e. The van der Waals surface area contributed by atoms with E-state index in [-0.39, 0.29) is 0 Å². The number of nitrogens with one attached hydrogen (secondary N) is 1. The van der Waals surface area contributed by atoms with Gasteiger partial charge in [0.1, 0.15) is 0 Å². The van der Waals surface area contributed by atoms with Crippen LogP contribution in [0.15, 0.2) is 24.3 Å². The van der Waals surface area contributed by atoms with Gasteiger partial charge in [0.25, 0.3) is 0 Å². The van der Waals surface area contributed by atoms with Crippen LogP contribution in [0.4, 0.5) is 5.69 Å². The zero-order valence-electron chi connectivity index (χ0n) is 11.3. The van der Waals surface area contributed by atoms with Crippen molar-refractivity contribution in [2.75, 3.05) is 18.0 Å². The van der Waals surface area contributed by atoms with Crippen LogP contribution in [-0.2, 0) is 0 Å². The smallest absolute Gasteiger partial charge is 0.0504 e. The van der Waals surface area contributed by atoms with Gasteiger partial charge in [-0.05, 0) is 67.5 Å². The molecule has 1 aromatic carbocycles. The fourth-order valence-corrected chi connectivity index (χ4v) is 3.45. The van der Waals surface area contributed by atoms with Gasteiger partial charge in [0.15, 0.2) is 0 Å². The van der Waals surface area contributed by atoms with Crippen molar-refractivity contribution in [2.24, 2.45) is 0 Å². The maximum atomic E-state index is 3.66. The average molecular weight is 358 g/mol. The van der Waals surface area contributed by atoms with E-state index >= 15 is 0 Å². The third-order valence-corrected chi connectivity index (χ3v) is 4.63. The summed E-state index contributed by atoms with van der Waals surface area (Å²) in [5, 5.41) is 3.66. The second-order valence-electron chi connectivity index (χ2n) is 5.17. The molecule has 0 amide bonds. The van der Waals surface area contributed by atoms with Gasteiger partial charge in [-0.3, -0.25) is 0 Å². The van der Waals surface area contributed by atoms with Crippen LogP contribution < -0.4 is 10.2 Å². The highest BCUT2D eigenvalue weighted by Gasteiger charge is 2.25. The Labute approximate surface area is 124 Å². The summed E-state index contributed by atoms with van der Waals surface area (Å²) < 4.78 is 1.36. The van der Waals surface area contributed by atoms with E-state index in [9.17, 15) is 0 Å². The summed E-state index contributed by atoms with van der Waals surface area (Å²) in [6.45, 7) is 6.91. The molecular weight excluding hydrogens is 335 g/mol. The van der Waals surface area contributed by atoms with Crippen molar-refractivity contribution < 1.29 is 0 Å². The normalized spacial score (nSPS) is 24.3. The maximum absolute atomic E-state index is 3.66. The van der Waals surface area contributed by atoms with Crippen LogP contribution >= 0.6 is 22.6 Å². The first-order chi connectivity index (χ1) is 8.72. The first-order valence-electron chi connectivity index (χ1n) is 6.97. The molecule has 1 N–H and O–H groups in total. The highest BCUT2D eigenvalue weighted by molar-refractivity contribution is 14.1. The first-order valence-corrected chi connectivity index (χ1v) is 8.04. The molecule has 1 aliphatic heterocycles. The van der Waals surface area contributed by atoms with Crippen LogP contribution in [0.5, 0.6) is 0 Å². The van der Waals surface area contributed by atoms with Crippen molar-refractivity contribution in [3.8, 4) is 0 Å². The molecule has 0 aromatic heterocycles. The van der Waals surface area contributed by atoms with Gasteiger partial charge in [-0.1, -0.05) is 19.1 Å². The van der Waals surface area contributed by atoms with Crippen molar-refractivity contribution >= 4 is 28.3 Å². The lowest BCUT2D eigenvalue weighted by atomic mass is 9.97. The standard InChI is InChI=1S/C15H23IN2/c1-3-9-17-13-8-10-18(12(2)11-13)15-7-5-4-6-14(15)16/h4-7,12-13,17H,3,8-11H2,1-2H3. The maximum Gasteiger partial charge on any atom is 0.0504 e. The van der Waals surface area contributed by atoms with Crippen LogP contribution in [0.2, 0.25) is 0 Å². The molecule has 2 atom stereocenters. The van der Waals surface area contributed by atoms with E-state index in [4.69, 9.17) is 0 Å². The van der Waals surface area contributed by atoms with E-state index in [1.54, 1.807) is 0 Å². The molecule has 0 aliphatic carbocycles. The topological polar surface area (TPSA) is 15.3 Å². The van der Waals surface area contributed by atoms with Gasteiger partial charge >= 0.3 is 0 Å². The molecule has 0 saturated carbocycles. The number of halogens is 1. The summed E-state index contributed by atoms with van der Waals surface area (Å²) in [4.78, 5) is 2.56. The highest BCUT2D eigenvalue weighted by atomic mass is 127. The Hall–Kier alpha value is -0.290. The highest BCUT2D eigenvalue weighted by Crippen LogP contribution is 2.28. The minimum absolute atomic E-state index is 0.629.